The maximum absolute atomic E-state index is 11.8. The van der Waals surface area contributed by atoms with E-state index in [4.69, 9.17) is 34.8 Å². The highest BCUT2D eigenvalue weighted by Crippen LogP contribution is 2.22. The van der Waals surface area contributed by atoms with E-state index in [1.54, 1.807) is 36.0 Å². The fraction of sp³-hybridized carbons (Fsp3) is 0.167. The molecule has 2 aromatic carbocycles. The van der Waals surface area contributed by atoms with Gasteiger partial charge in [0.2, 0.25) is 5.91 Å². The van der Waals surface area contributed by atoms with Crippen LogP contribution in [0.5, 0.6) is 0 Å². The molecule has 0 heterocycles. The third-order valence-electron chi connectivity index (χ3n) is 3.14. The Labute approximate surface area is 161 Å². The van der Waals surface area contributed by atoms with Crippen molar-refractivity contribution in [2.24, 2.45) is 0 Å². The standard InChI is InChI=1S/C18H16Cl3NOS/c19-15-7-5-13(17(21)11-15)6-8-18(23)22-9-10-24-12-14-3-1-2-4-16(14)20/h1-8,11H,9-10,12H2,(H,22,23). The van der Waals surface area contributed by atoms with Crippen LogP contribution in [0.15, 0.2) is 48.5 Å². The summed E-state index contributed by atoms with van der Waals surface area (Å²) in [5, 5.41) is 4.69. The Morgan fingerprint density at radius 2 is 1.88 bits per heavy atom. The molecule has 0 saturated heterocycles. The SMILES string of the molecule is O=C(C=Cc1ccc(Cl)cc1Cl)NCCSCc1ccccc1Cl. The van der Waals surface area contributed by atoms with E-state index >= 15 is 0 Å². The van der Waals surface area contributed by atoms with Gasteiger partial charge in [0.25, 0.3) is 0 Å². The van der Waals surface area contributed by atoms with E-state index in [1.807, 2.05) is 24.3 Å². The minimum Gasteiger partial charge on any atom is -0.352 e. The van der Waals surface area contributed by atoms with Crippen LogP contribution in [-0.4, -0.2) is 18.2 Å². The highest BCUT2D eigenvalue weighted by atomic mass is 35.5. The largest absolute Gasteiger partial charge is 0.352 e. The van der Waals surface area contributed by atoms with E-state index in [1.165, 1.54) is 6.08 Å². The van der Waals surface area contributed by atoms with Crippen molar-refractivity contribution >= 4 is 58.5 Å². The monoisotopic (exact) mass is 399 g/mol. The lowest BCUT2D eigenvalue weighted by atomic mass is 10.2. The first-order valence-corrected chi connectivity index (χ1v) is 9.57. The van der Waals surface area contributed by atoms with Gasteiger partial charge < -0.3 is 5.32 Å². The van der Waals surface area contributed by atoms with Crippen molar-refractivity contribution in [2.75, 3.05) is 12.3 Å². The van der Waals surface area contributed by atoms with Gasteiger partial charge in [-0.15, -0.1) is 0 Å². The van der Waals surface area contributed by atoms with Gasteiger partial charge in [-0.3, -0.25) is 4.79 Å². The molecule has 0 bridgehead atoms. The Morgan fingerprint density at radius 3 is 2.62 bits per heavy atom. The second kappa shape index (κ2) is 10.00. The molecule has 6 heteroatoms. The molecule has 0 aliphatic carbocycles. The van der Waals surface area contributed by atoms with Crippen LogP contribution < -0.4 is 5.32 Å². The van der Waals surface area contributed by atoms with Gasteiger partial charge in [-0.1, -0.05) is 59.1 Å². The summed E-state index contributed by atoms with van der Waals surface area (Å²) in [6, 6.07) is 12.9. The third-order valence-corrected chi connectivity index (χ3v) is 5.08. The molecule has 24 heavy (non-hydrogen) atoms. The van der Waals surface area contributed by atoms with Crippen LogP contribution in [-0.2, 0) is 10.5 Å². The summed E-state index contributed by atoms with van der Waals surface area (Å²) in [5.41, 5.74) is 1.86. The number of carbonyl (C=O) groups is 1. The Kier molecular flexibility index (Phi) is 8.00. The molecular formula is C18H16Cl3NOS. The molecule has 2 nitrogen and oxygen atoms in total. The molecular weight excluding hydrogens is 385 g/mol. The molecule has 2 rings (SSSR count). The number of hydrogen-bond donors (Lipinski definition) is 1. The molecule has 0 aliphatic rings. The maximum atomic E-state index is 11.8. The first-order valence-electron chi connectivity index (χ1n) is 7.28. The number of nitrogens with one attached hydrogen (secondary N) is 1. The summed E-state index contributed by atoms with van der Waals surface area (Å²) >= 11 is 19.7. The third kappa shape index (κ3) is 6.40. The zero-order valence-electron chi connectivity index (χ0n) is 12.8. The summed E-state index contributed by atoms with van der Waals surface area (Å²) in [6.07, 6.45) is 3.14. The topological polar surface area (TPSA) is 29.1 Å². The van der Waals surface area contributed by atoms with Crippen molar-refractivity contribution in [3.63, 3.8) is 0 Å². The van der Waals surface area contributed by atoms with Gasteiger partial charge in [0.1, 0.15) is 0 Å². The quantitative estimate of drug-likeness (QED) is 0.476. The first-order chi connectivity index (χ1) is 11.6. The van der Waals surface area contributed by atoms with Gasteiger partial charge in [-0.25, -0.2) is 0 Å². The number of halogens is 3. The lowest BCUT2D eigenvalue weighted by molar-refractivity contribution is -0.116. The van der Waals surface area contributed by atoms with Crippen LogP contribution in [0.3, 0.4) is 0 Å². The molecule has 2 aromatic rings. The number of benzene rings is 2. The van der Waals surface area contributed by atoms with Crippen molar-refractivity contribution < 1.29 is 4.79 Å². The summed E-state index contributed by atoms with van der Waals surface area (Å²) in [5.74, 6) is 1.48. The highest BCUT2D eigenvalue weighted by molar-refractivity contribution is 7.98. The summed E-state index contributed by atoms with van der Waals surface area (Å²) in [4.78, 5) is 11.8. The summed E-state index contributed by atoms with van der Waals surface area (Å²) in [7, 11) is 0. The molecule has 0 atom stereocenters. The number of hydrogen-bond acceptors (Lipinski definition) is 2. The first kappa shape index (κ1) is 19.2. The number of rotatable bonds is 7. The lowest BCUT2D eigenvalue weighted by Crippen LogP contribution is -2.23. The van der Waals surface area contributed by atoms with Gasteiger partial charge >= 0.3 is 0 Å². The summed E-state index contributed by atoms with van der Waals surface area (Å²) < 4.78 is 0. The van der Waals surface area contributed by atoms with Crippen LogP contribution in [0.25, 0.3) is 6.08 Å². The maximum Gasteiger partial charge on any atom is 0.244 e. The fourth-order valence-electron chi connectivity index (χ4n) is 1.91. The normalized spacial score (nSPS) is 11.0. The Morgan fingerprint density at radius 1 is 1.08 bits per heavy atom. The van der Waals surface area contributed by atoms with Crippen molar-refractivity contribution in [1.82, 2.24) is 5.32 Å². The average molecular weight is 401 g/mol. The van der Waals surface area contributed by atoms with Gasteiger partial charge in [0.15, 0.2) is 0 Å². The van der Waals surface area contributed by atoms with Crippen LogP contribution >= 0.6 is 46.6 Å². The predicted octanol–water partition coefficient (Wildman–Crippen LogP) is 5.71. The Bertz CT molecular complexity index is 734. The second-order valence-electron chi connectivity index (χ2n) is 4.93. The summed E-state index contributed by atoms with van der Waals surface area (Å²) in [6.45, 7) is 0.590. The predicted molar refractivity (Wildman–Crippen MR) is 106 cm³/mol. The minimum absolute atomic E-state index is 0.153. The molecule has 126 valence electrons. The highest BCUT2D eigenvalue weighted by Gasteiger charge is 2.01. The van der Waals surface area contributed by atoms with E-state index in [0.29, 0.717) is 16.6 Å². The molecule has 0 unspecified atom stereocenters. The average Bonchev–Trinajstić information content (AvgIpc) is 2.55. The molecule has 0 saturated carbocycles. The zero-order valence-corrected chi connectivity index (χ0v) is 15.9. The van der Waals surface area contributed by atoms with Crippen molar-refractivity contribution in [1.29, 1.82) is 0 Å². The zero-order chi connectivity index (χ0) is 17.4. The van der Waals surface area contributed by atoms with Crippen molar-refractivity contribution in [3.05, 3.63) is 74.7 Å². The van der Waals surface area contributed by atoms with E-state index in [0.717, 1.165) is 27.7 Å². The molecule has 1 amide bonds. The molecule has 0 radical (unpaired) electrons. The van der Waals surface area contributed by atoms with Crippen LogP contribution in [0, 0.1) is 0 Å². The van der Waals surface area contributed by atoms with Gasteiger partial charge in [-0.2, -0.15) is 11.8 Å². The molecule has 0 fully saturated rings. The molecule has 0 spiro atoms. The van der Waals surface area contributed by atoms with Gasteiger partial charge in [0, 0.05) is 39.2 Å². The van der Waals surface area contributed by atoms with Crippen LogP contribution in [0.2, 0.25) is 15.1 Å². The number of amides is 1. The van der Waals surface area contributed by atoms with E-state index in [-0.39, 0.29) is 5.91 Å². The molecule has 0 aliphatic heterocycles. The number of thioether (sulfide) groups is 1. The van der Waals surface area contributed by atoms with Crippen LogP contribution in [0.4, 0.5) is 0 Å². The second-order valence-corrected chi connectivity index (χ2v) is 7.29. The molecule has 1 N–H and O–H groups in total. The lowest BCUT2D eigenvalue weighted by Gasteiger charge is -2.05. The van der Waals surface area contributed by atoms with E-state index < -0.39 is 0 Å². The van der Waals surface area contributed by atoms with Crippen molar-refractivity contribution in [3.8, 4) is 0 Å². The van der Waals surface area contributed by atoms with Crippen LogP contribution in [0.1, 0.15) is 11.1 Å². The fourth-order valence-corrected chi connectivity index (χ4v) is 3.52. The van der Waals surface area contributed by atoms with E-state index in [2.05, 4.69) is 5.32 Å². The minimum atomic E-state index is -0.153. The van der Waals surface area contributed by atoms with E-state index in [9.17, 15) is 4.79 Å². The van der Waals surface area contributed by atoms with Gasteiger partial charge in [0.05, 0.1) is 0 Å². The number of carbonyl (C=O) groups excluding carboxylic acids is 1. The van der Waals surface area contributed by atoms with Crippen molar-refractivity contribution in [2.45, 2.75) is 5.75 Å². The Balaban J connectivity index is 1.70. The smallest absolute Gasteiger partial charge is 0.244 e. The molecule has 0 aromatic heterocycles. The Hall–Kier alpha value is -1.13. The van der Waals surface area contributed by atoms with Gasteiger partial charge in [-0.05, 0) is 35.4 Å².